The molecule has 31 heavy (non-hydrogen) atoms. The number of carbonyl (C=O) groups excluding carboxylic acids is 1. The number of H-pyrrole nitrogens is 1. The van der Waals surface area contributed by atoms with Crippen LogP contribution < -0.4 is 9.47 Å². The number of esters is 1. The molecule has 1 aromatic heterocycles. The van der Waals surface area contributed by atoms with Gasteiger partial charge in [0.2, 0.25) is 0 Å². The summed E-state index contributed by atoms with van der Waals surface area (Å²) in [6, 6.07) is 10.9. The zero-order valence-corrected chi connectivity index (χ0v) is 16.4. The number of aliphatic hydroxyl groups is 1. The summed E-state index contributed by atoms with van der Waals surface area (Å²) < 4.78 is 15.1. The molecule has 0 saturated heterocycles. The summed E-state index contributed by atoms with van der Waals surface area (Å²) in [6.07, 6.45) is 0. The smallest absolute Gasteiger partial charge is 0.345 e. The van der Waals surface area contributed by atoms with Crippen LogP contribution in [0.5, 0.6) is 11.5 Å². The van der Waals surface area contributed by atoms with Gasteiger partial charge in [0.05, 0.1) is 36.2 Å². The number of imidazole rings is 1. The lowest BCUT2D eigenvalue weighted by Crippen LogP contribution is -2.12. The van der Waals surface area contributed by atoms with E-state index in [9.17, 15) is 25.3 Å². The van der Waals surface area contributed by atoms with Crippen LogP contribution in [0.25, 0.3) is 16.6 Å². The van der Waals surface area contributed by atoms with E-state index in [1.165, 1.54) is 14.2 Å². The predicted octanol–water partition coefficient (Wildman–Crippen LogP) is 3.14. The van der Waals surface area contributed by atoms with Crippen molar-refractivity contribution in [1.29, 1.82) is 5.26 Å². The van der Waals surface area contributed by atoms with E-state index < -0.39 is 34.5 Å². The van der Waals surface area contributed by atoms with Crippen LogP contribution >= 0.6 is 0 Å². The molecule has 0 fully saturated rings. The van der Waals surface area contributed by atoms with Crippen molar-refractivity contribution in [1.82, 2.24) is 9.97 Å². The number of nitrogens with zero attached hydrogens (tertiary/aromatic N) is 3. The van der Waals surface area contributed by atoms with Gasteiger partial charge in [0.15, 0.2) is 23.1 Å². The fraction of sp³-hybridized carbons (Fsp3) is 0.150. The van der Waals surface area contributed by atoms with E-state index in [1.54, 1.807) is 30.3 Å². The first-order valence-corrected chi connectivity index (χ1v) is 8.74. The number of nitro benzene ring substituents is 1. The molecule has 0 atom stereocenters. The number of fused-ring (bicyclic) bond motifs is 1. The topological polar surface area (TPSA) is 161 Å². The van der Waals surface area contributed by atoms with Crippen molar-refractivity contribution in [2.45, 2.75) is 0 Å². The summed E-state index contributed by atoms with van der Waals surface area (Å²) in [4.78, 5) is 30.1. The van der Waals surface area contributed by atoms with E-state index in [-0.39, 0.29) is 22.9 Å². The Morgan fingerprint density at radius 3 is 2.55 bits per heavy atom. The third kappa shape index (κ3) is 4.23. The Hall–Kier alpha value is -4.59. The summed E-state index contributed by atoms with van der Waals surface area (Å²) in [5.74, 6) is -1.43. The van der Waals surface area contributed by atoms with Crippen molar-refractivity contribution in [2.75, 3.05) is 20.8 Å². The Balaban J connectivity index is 1.88. The normalized spacial score (nSPS) is 11.4. The average Bonchev–Trinajstić information content (AvgIpc) is 3.20. The molecule has 158 valence electrons. The second-order valence-corrected chi connectivity index (χ2v) is 6.09. The first-order valence-electron chi connectivity index (χ1n) is 8.74. The Bertz CT molecular complexity index is 1210. The fourth-order valence-corrected chi connectivity index (χ4v) is 2.79. The zero-order chi connectivity index (χ0) is 22.5. The first-order chi connectivity index (χ1) is 14.9. The van der Waals surface area contributed by atoms with Crippen LogP contribution in [-0.4, -0.2) is 46.8 Å². The minimum Gasteiger partial charge on any atom is -0.507 e. The molecular formula is C20H16N4O7. The number of methoxy groups -OCH3 is 2. The van der Waals surface area contributed by atoms with Gasteiger partial charge in [0.25, 0.3) is 5.69 Å². The standard InChI is InChI=1S/C20H16N4O7/c1-29-17-7-11(15(24(27)28)8-18(17)30-2)20(26)31-10-16(25)12(9-21)19-22-13-5-3-4-6-14(13)23-19/h3-8,25H,10H2,1-2H3,(H,22,23). The predicted molar refractivity (Wildman–Crippen MR) is 108 cm³/mol. The molecule has 0 unspecified atom stereocenters. The van der Waals surface area contributed by atoms with Gasteiger partial charge in [-0.05, 0) is 12.1 Å². The molecule has 0 aliphatic carbocycles. The molecule has 0 radical (unpaired) electrons. The van der Waals surface area contributed by atoms with Gasteiger partial charge >= 0.3 is 5.97 Å². The number of nitriles is 1. The fourth-order valence-electron chi connectivity index (χ4n) is 2.79. The second-order valence-electron chi connectivity index (χ2n) is 6.09. The van der Waals surface area contributed by atoms with Crippen LogP contribution in [0, 0.1) is 21.4 Å². The molecule has 0 bridgehead atoms. The number of para-hydroxylation sites is 2. The van der Waals surface area contributed by atoms with Crippen molar-refractivity contribution in [3.63, 3.8) is 0 Å². The van der Waals surface area contributed by atoms with Crippen LogP contribution in [0.2, 0.25) is 0 Å². The first kappa shape index (κ1) is 21.1. The number of rotatable bonds is 7. The molecule has 11 nitrogen and oxygen atoms in total. The molecule has 0 aliphatic heterocycles. The maximum absolute atomic E-state index is 12.5. The molecule has 0 saturated carbocycles. The number of benzene rings is 2. The Morgan fingerprint density at radius 2 is 1.94 bits per heavy atom. The maximum atomic E-state index is 12.5. The molecule has 2 N–H and O–H groups in total. The van der Waals surface area contributed by atoms with Crippen LogP contribution in [0.4, 0.5) is 5.69 Å². The van der Waals surface area contributed by atoms with Gasteiger partial charge in [-0.2, -0.15) is 5.26 Å². The highest BCUT2D eigenvalue weighted by Crippen LogP contribution is 2.35. The van der Waals surface area contributed by atoms with Crippen LogP contribution in [0.15, 0.2) is 42.2 Å². The summed E-state index contributed by atoms with van der Waals surface area (Å²) in [5, 5.41) is 31.0. The molecule has 3 rings (SSSR count). The molecule has 3 aromatic rings. The van der Waals surface area contributed by atoms with Crippen molar-refractivity contribution in [2.24, 2.45) is 0 Å². The van der Waals surface area contributed by atoms with E-state index in [0.29, 0.717) is 11.0 Å². The number of hydrogen-bond acceptors (Lipinski definition) is 9. The molecule has 0 aliphatic rings. The summed E-state index contributed by atoms with van der Waals surface area (Å²) in [6.45, 7) is -0.704. The van der Waals surface area contributed by atoms with E-state index >= 15 is 0 Å². The minimum atomic E-state index is -1.10. The summed E-state index contributed by atoms with van der Waals surface area (Å²) >= 11 is 0. The number of aromatic amines is 1. The second kappa shape index (κ2) is 8.83. The van der Waals surface area contributed by atoms with Crippen LogP contribution in [-0.2, 0) is 4.74 Å². The van der Waals surface area contributed by atoms with Crippen molar-refractivity contribution in [3.8, 4) is 17.6 Å². The molecule has 0 spiro atoms. The SMILES string of the molecule is COc1cc(C(=O)OCC(O)=C(C#N)c2nc3ccccc3[nH]2)c([N+](=O)[O-])cc1OC. The van der Waals surface area contributed by atoms with Crippen LogP contribution in [0.1, 0.15) is 16.2 Å². The number of ether oxygens (including phenoxy) is 3. The van der Waals surface area contributed by atoms with Gasteiger partial charge in [-0.25, -0.2) is 9.78 Å². The number of nitro groups is 1. The highest BCUT2D eigenvalue weighted by Gasteiger charge is 2.26. The minimum absolute atomic E-state index is 0.0603. The van der Waals surface area contributed by atoms with Crippen molar-refractivity contribution < 1.29 is 29.0 Å². The number of aliphatic hydroxyl groups excluding tert-OH is 1. The molecule has 1 heterocycles. The zero-order valence-electron chi connectivity index (χ0n) is 16.4. The van der Waals surface area contributed by atoms with Gasteiger partial charge < -0.3 is 24.3 Å². The van der Waals surface area contributed by atoms with E-state index in [1.807, 2.05) is 0 Å². The average molecular weight is 424 g/mol. The number of carbonyl (C=O) groups is 1. The third-order valence-corrected chi connectivity index (χ3v) is 4.29. The van der Waals surface area contributed by atoms with E-state index in [4.69, 9.17) is 14.2 Å². The third-order valence-electron chi connectivity index (χ3n) is 4.29. The largest absolute Gasteiger partial charge is 0.507 e. The van der Waals surface area contributed by atoms with Crippen molar-refractivity contribution in [3.05, 3.63) is 63.7 Å². The van der Waals surface area contributed by atoms with Gasteiger partial charge in [0.1, 0.15) is 23.8 Å². The lowest BCUT2D eigenvalue weighted by Gasteiger charge is -2.10. The van der Waals surface area contributed by atoms with E-state index in [0.717, 1.165) is 12.1 Å². The van der Waals surface area contributed by atoms with Gasteiger partial charge in [-0.3, -0.25) is 10.1 Å². The van der Waals surface area contributed by atoms with Crippen LogP contribution in [0.3, 0.4) is 0 Å². The highest BCUT2D eigenvalue weighted by molar-refractivity contribution is 5.95. The molecule has 11 heteroatoms. The van der Waals surface area contributed by atoms with Gasteiger partial charge in [-0.1, -0.05) is 12.1 Å². The quantitative estimate of drug-likeness (QED) is 0.191. The lowest BCUT2D eigenvalue weighted by atomic mass is 10.1. The highest BCUT2D eigenvalue weighted by atomic mass is 16.6. The Kier molecular flexibility index (Phi) is 6.02. The van der Waals surface area contributed by atoms with Crippen molar-refractivity contribution >= 4 is 28.3 Å². The Morgan fingerprint density at radius 1 is 1.26 bits per heavy atom. The van der Waals surface area contributed by atoms with E-state index in [2.05, 4.69) is 9.97 Å². The molecule has 2 aromatic carbocycles. The number of nitrogens with one attached hydrogen (secondary N) is 1. The lowest BCUT2D eigenvalue weighted by molar-refractivity contribution is -0.385. The number of hydrogen-bond donors (Lipinski definition) is 2. The number of allylic oxidation sites excluding steroid dienone is 1. The monoisotopic (exact) mass is 424 g/mol. The maximum Gasteiger partial charge on any atom is 0.345 e. The number of aromatic nitrogens is 2. The summed E-state index contributed by atoms with van der Waals surface area (Å²) in [7, 11) is 2.60. The molecule has 0 amide bonds. The van der Waals surface area contributed by atoms with Gasteiger partial charge in [-0.15, -0.1) is 0 Å². The molecular weight excluding hydrogens is 408 g/mol. The summed E-state index contributed by atoms with van der Waals surface area (Å²) in [5.41, 5.74) is 0.0272. The Labute approximate surface area is 175 Å². The van der Waals surface area contributed by atoms with Gasteiger partial charge in [0, 0.05) is 6.07 Å².